The van der Waals surface area contributed by atoms with Crippen LogP contribution < -0.4 is 33.6 Å². The second kappa shape index (κ2) is 37.1. The Bertz CT molecular complexity index is 6080. The molecule has 16 rings (SSSR count). The zero-order valence-electron chi connectivity index (χ0n) is 66.6. The van der Waals surface area contributed by atoms with E-state index < -0.39 is 38.0 Å². The fourth-order valence-electron chi connectivity index (χ4n) is 16.8. The van der Waals surface area contributed by atoms with Crippen LogP contribution in [0, 0.1) is 0 Å². The van der Waals surface area contributed by atoms with Gasteiger partial charge in [0, 0.05) is 98.1 Å². The van der Waals surface area contributed by atoms with Crippen LogP contribution in [0.5, 0.6) is 34.5 Å². The van der Waals surface area contributed by atoms with Gasteiger partial charge in [0.2, 0.25) is 11.8 Å². The van der Waals surface area contributed by atoms with Gasteiger partial charge in [-0.05, 0) is 116 Å². The van der Waals surface area contributed by atoms with Gasteiger partial charge in [0.05, 0.1) is 94.3 Å². The van der Waals surface area contributed by atoms with Crippen molar-refractivity contribution in [3.05, 3.63) is 262 Å². The number of nitrogens with zero attached hydrogens (tertiary/aromatic N) is 6. The van der Waals surface area contributed by atoms with E-state index in [4.69, 9.17) is 56.6 Å². The number of aromatic hydroxyl groups is 2. The summed E-state index contributed by atoms with van der Waals surface area (Å²) in [5.74, 6) is 1.29. The molecule has 5 atom stereocenters. The molecule has 0 radical (unpaired) electrons. The number of methoxy groups -OCH3 is 3. The minimum atomic E-state index is -3.40. The first kappa shape index (κ1) is 87.8. The van der Waals surface area contributed by atoms with Crippen molar-refractivity contribution in [3.63, 3.8) is 0 Å². The number of rotatable bonds is 23. The second-order valence-electron chi connectivity index (χ2n) is 30.0. The molecular formula is C95H96Cl2N6O17S2. The summed E-state index contributed by atoms with van der Waals surface area (Å²) in [7, 11) is -2.27. The number of anilines is 3. The number of ether oxygens (including phenoxy) is 6. The van der Waals surface area contributed by atoms with Crippen LogP contribution in [0.1, 0.15) is 119 Å². The van der Waals surface area contributed by atoms with Crippen molar-refractivity contribution in [2.24, 2.45) is 4.99 Å². The highest BCUT2D eigenvalue weighted by molar-refractivity contribution is 7.91. The van der Waals surface area contributed by atoms with E-state index in [0.717, 1.165) is 71.8 Å². The summed E-state index contributed by atoms with van der Waals surface area (Å²) in [4.78, 5) is 83.5. The molecule has 0 fully saturated rings. The van der Waals surface area contributed by atoms with E-state index in [9.17, 15) is 51.0 Å². The summed E-state index contributed by atoms with van der Waals surface area (Å²) in [6, 6.07) is 52.6. The molecule has 0 spiro atoms. The molecule has 0 bridgehead atoms. The topological polar surface area (TPSA) is 278 Å². The van der Waals surface area contributed by atoms with E-state index in [0.29, 0.717) is 82.2 Å². The van der Waals surface area contributed by atoms with Gasteiger partial charge in [-0.2, -0.15) is 0 Å². The van der Waals surface area contributed by atoms with Crippen LogP contribution in [0.15, 0.2) is 222 Å². The van der Waals surface area contributed by atoms with E-state index in [2.05, 4.69) is 6.58 Å². The van der Waals surface area contributed by atoms with Gasteiger partial charge in [-0.3, -0.25) is 24.2 Å². The number of hydrogen-bond donors (Lipinski definition) is 2. The molecule has 10 aromatic carbocycles. The summed E-state index contributed by atoms with van der Waals surface area (Å²) < 4.78 is 85.3. The van der Waals surface area contributed by atoms with Gasteiger partial charge in [-0.25, -0.2) is 26.5 Å². The first-order valence-corrected chi connectivity index (χ1v) is 43.7. The maximum atomic E-state index is 14.5. The molecule has 0 aromatic heterocycles. The van der Waals surface area contributed by atoms with E-state index in [-0.39, 0.29) is 153 Å². The Morgan fingerprint density at radius 1 is 0.541 bits per heavy atom. The monoisotopic (exact) mass is 1730 g/mol. The summed E-state index contributed by atoms with van der Waals surface area (Å²) >= 11 is 12.8. The number of amides is 5. The predicted octanol–water partition coefficient (Wildman–Crippen LogP) is 17.4. The first-order valence-electron chi connectivity index (χ1n) is 39.4. The van der Waals surface area contributed by atoms with Gasteiger partial charge in [0.1, 0.15) is 31.3 Å². The molecule has 0 saturated heterocycles. The van der Waals surface area contributed by atoms with Crippen LogP contribution in [-0.2, 0) is 64.8 Å². The molecule has 10 aromatic rings. The molecule has 5 amide bonds. The lowest BCUT2D eigenvalue weighted by molar-refractivity contribution is -0.118. The van der Waals surface area contributed by atoms with Crippen LogP contribution in [0.3, 0.4) is 0 Å². The third-order valence-corrected chi connectivity index (χ3v) is 27.2. The summed E-state index contributed by atoms with van der Waals surface area (Å²) in [6.07, 6.45) is 6.38. The van der Waals surface area contributed by atoms with E-state index >= 15 is 0 Å². The largest absolute Gasteiger partial charge is 0.507 e. The normalized spacial score (nSPS) is 17.6. The van der Waals surface area contributed by atoms with E-state index in [1.807, 2.05) is 121 Å². The Kier molecular flexibility index (Phi) is 26.7. The zero-order chi connectivity index (χ0) is 84.4. The van der Waals surface area contributed by atoms with Gasteiger partial charge >= 0.3 is 6.09 Å². The maximum Gasteiger partial charge on any atom is 0.416 e. The molecule has 23 nitrogen and oxygen atoms in total. The molecule has 0 aliphatic carbocycles. The zero-order valence-corrected chi connectivity index (χ0v) is 69.7. The van der Waals surface area contributed by atoms with Crippen molar-refractivity contribution >= 4 is 134 Å². The highest BCUT2D eigenvalue weighted by atomic mass is 35.5. The minimum Gasteiger partial charge on any atom is -0.507 e. The van der Waals surface area contributed by atoms with Crippen LogP contribution in [0.2, 0.25) is 0 Å². The average Bonchev–Trinajstić information content (AvgIpc) is 1.61. The van der Waals surface area contributed by atoms with Gasteiger partial charge in [0.15, 0.2) is 48.9 Å². The SMILES string of the molecule is C.C.C=CCOC(=O)N1c2cc(OCc3cccc(CC(=O)N4C[C@@H](CCl)c5c4cc(O)c4ccccc54)c3)c(OC)cc2C(=O)N2CC=C(c3ccc(S(=O)(=O)CC)cc3)C[C@H]2C1OC.CCS(=O)(=O)c1ccc(C2=CCN3C(=O)c4cc(OC)c(OCc5cccc(CC(=O)N6C[C@@H](CCl)c7c6cc(O)c6ccccc76)c5)cc4N=C[C@@H]3C2)cc1. The Morgan fingerprint density at radius 2 is 1.00 bits per heavy atom. The third-order valence-electron chi connectivity index (χ3n) is 22.9. The number of sulfone groups is 2. The van der Waals surface area contributed by atoms with Crippen LogP contribution in [0.25, 0.3) is 32.7 Å². The van der Waals surface area contributed by atoms with Gasteiger partial charge < -0.3 is 58.2 Å². The number of phenols is 2. The van der Waals surface area contributed by atoms with Gasteiger partial charge in [-0.1, -0.05) is 175 Å². The van der Waals surface area contributed by atoms with Gasteiger partial charge in [0.25, 0.3) is 11.8 Å². The quantitative estimate of drug-likeness (QED) is 0.0445. The smallest absolute Gasteiger partial charge is 0.416 e. The number of hydrogen-bond acceptors (Lipinski definition) is 18. The number of carbonyl (C=O) groups excluding carboxylic acids is 5. The van der Waals surface area contributed by atoms with Crippen molar-refractivity contribution in [2.45, 2.75) is 108 Å². The predicted molar refractivity (Wildman–Crippen MR) is 477 cm³/mol. The van der Waals surface area contributed by atoms with Crippen molar-refractivity contribution in [1.29, 1.82) is 0 Å². The second-order valence-corrected chi connectivity index (χ2v) is 35.2. The average molecular weight is 1730 g/mol. The standard InChI is InChI=1S/C49H48ClN3O10S.C44H40ClN3O7S.2CH4/c1-5-20-62-49(57)53-39-26-44(43(60-3)24-38(39)47(56)51-19-18-33(23-41(51)48(53)61-4)32-14-16-35(17-15-32)64(58,59)6-2)63-29-31-11-9-10-30(21-31)22-45(55)52-28-34(27-50)46-37-13-8-7-12-36(37)42(54)25-40(46)52;1-3-56(52,53)33-13-11-29(12-14-33)30-15-16-47-32(19-30)24-46-37-21-41(40(54-2)20-36(37)44(47)51)55-26-28-8-6-7-27(17-28)18-42(50)48-25-31(23-45)43-35-10-5-4-9-34(35)39(49)22-38(43)48;;/h5,7-18,21,24-26,34,41,48,54H,1,6,19-20,22-23,27-29H2,2-4H3;4-15,17,20-22,24,31-32,49H,3,16,18-19,23,25-26H2,1-2H3;2*1H4/t34-,41+,48?;31-,32+;;/m11../s1. The van der Waals surface area contributed by atoms with Crippen LogP contribution in [-0.4, -0.2) is 168 Å². The molecule has 27 heteroatoms. The van der Waals surface area contributed by atoms with Crippen molar-refractivity contribution in [3.8, 4) is 34.5 Å². The van der Waals surface area contributed by atoms with E-state index in [1.165, 1.54) is 32.3 Å². The highest BCUT2D eigenvalue weighted by Crippen LogP contribution is 2.49. The molecule has 1 unspecified atom stereocenters. The van der Waals surface area contributed by atoms with Crippen molar-refractivity contribution in [1.82, 2.24) is 9.80 Å². The number of fused-ring (bicyclic) bond motifs is 10. The third kappa shape index (κ3) is 17.3. The fourth-order valence-corrected chi connectivity index (χ4v) is 19.0. The number of aliphatic imine (C=N–C) groups is 1. The lowest BCUT2D eigenvalue weighted by Gasteiger charge is -2.40. The Morgan fingerprint density at radius 3 is 1.48 bits per heavy atom. The summed E-state index contributed by atoms with van der Waals surface area (Å²) in [5, 5.41) is 24.9. The lowest BCUT2D eigenvalue weighted by Crippen LogP contribution is -2.55. The van der Waals surface area contributed by atoms with Crippen LogP contribution >= 0.6 is 23.2 Å². The van der Waals surface area contributed by atoms with E-state index in [1.54, 1.807) is 112 Å². The minimum absolute atomic E-state index is 0. The Balaban J connectivity index is 0.000000209. The van der Waals surface area contributed by atoms with Crippen molar-refractivity contribution < 1.29 is 79.4 Å². The molecule has 122 heavy (non-hydrogen) atoms. The molecular weight excluding hydrogens is 1630 g/mol. The van der Waals surface area contributed by atoms with Crippen molar-refractivity contribution in [2.75, 3.05) is 92.1 Å². The maximum absolute atomic E-state index is 14.5. The molecule has 2 N–H and O–H groups in total. The van der Waals surface area contributed by atoms with Crippen LogP contribution in [0.4, 0.5) is 27.5 Å². The molecule has 634 valence electrons. The summed E-state index contributed by atoms with van der Waals surface area (Å²) in [5.41, 5.74) is 11.2. The Labute approximate surface area is 720 Å². The number of alkyl halides is 2. The fraction of sp³-hybridized carbons (Fsp3) is 0.284. The molecule has 6 aliphatic heterocycles. The highest BCUT2D eigenvalue weighted by Gasteiger charge is 2.47. The first-order chi connectivity index (χ1) is 58.0. The number of carbonyl (C=O) groups is 5. The molecule has 6 heterocycles. The molecule has 6 aliphatic rings. The Hall–Kier alpha value is -12.0. The lowest BCUT2D eigenvalue weighted by atomic mass is 9.93. The summed E-state index contributed by atoms with van der Waals surface area (Å²) in [6.45, 7) is 8.41. The molecule has 0 saturated carbocycles. The number of benzene rings is 10. The number of phenolic OH excluding ortho intramolecular Hbond substituents is 2. The van der Waals surface area contributed by atoms with Gasteiger partial charge in [-0.15, -0.1) is 23.2 Å². The number of halogens is 2.